The van der Waals surface area contributed by atoms with Crippen molar-refractivity contribution in [1.29, 1.82) is 0 Å². The number of Topliss-reactive ketones (excluding diaryl/α,β-unsaturated/α-hetero) is 3. The normalized spacial score (nSPS) is 20.8. The molecule has 0 aromatic carbocycles. The zero-order valence-corrected chi connectivity index (χ0v) is 8.05. The van der Waals surface area contributed by atoms with Gasteiger partial charge in [0.2, 0.25) is 0 Å². The maximum Gasteiger partial charge on any atom is 0.147 e. The molecule has 1 saturated carbocycles. The lowest BCUT2D eigenvalue weighted by molar-refractivity contribution is -0.139. The molecule has 0 aliphatic heterocycles. The third-order valence-corrected chi connectivity index (χ3v) is 2.80. The van der Waals surface area contributed by atoms with E-state index in [-0.39, 0.29) is 23.8 Å². The van der Waals surface area contributed by atoms with E-state index in [0.717, 1.165) is 0 Å². The van der Waals surface area contributed by atoms with Crippen LogP contribution in [0.15, 0.2) is 0 Å². The van der Waals surface area contributed by atoms with Crippen LogP contribution in [0.1, 0.15) is 39.5 Å². The highest BCUT2D eigenvalue weighted by molar-refractivity contribution is 6.14. The maximum absolute atomic E-state index is 11.5. The van der Waals surface area contributed by atoms with Gasteiger partial charge in [-0.1, -0.05) is 6.92 Å². The minimum Gasteiger partial charge on any atom is -0.300 e. The maximum atomic E-state index is 11.5. The summed E-state index contributed by atoms with van der Waals surface area (Å²) >= 11 is 0. The van der Waals surface area contributed by atoms with E-state index >= 15 is 0 Å². The van der Waals surface area contributed by atoms with Crippen LogP contribution in [0.2, 0.25) is 0 Å². The Balaban J connectivity index is 2.95. The van der Waals surface area contributed by atoms with Gasteiger partial charge in [-0.3, -0.25) is 14.4 Å². The van der Waals surface area contributed by atoms with Crippen LogP contribution in [0, 0.1) is 5.41 Å². The first-order valence-electron chi connectivity index (χ1n) is 4.59. The fourth-order valence-electron chi connectivity index (χ4n) is 2.00. The van der Waals surface area contributed by atoms with Gasteiger partial charge in [-0.2, -0.15) is 0 Å². The Bertz CT molecular complexity index is 249. The van der Waals surface area contributed by atoms with E-state index in [1.54, 1.807) is 6.92 Å². The molecule has 0 N–H and O–H groups in total. The number of rotatable bonds is 3. The molecule has 0 saturated heterocycles. The summed E-state index contributed by atoms with van der Waals surface area (Å²) < 4.78 is 0. The first-order valence-corrected chi connectivity index (χ1v) is 4.59. The van der Waals surface area contributed by atoms with Crippen LogP contribution >= 0.6 is 0 Å². The molecule has 1 rings (SSSR count). The van der Waals surface area contributed by atoms with Crippen molar-refractivity contribution >= 4 is 17.3 Å². The van der Waals surface area contributed by atoms with Crippen LogP contribution in [-0.4, -0.2) is 17.3 Å². The van der Waals surface area contributed by atoms with Crippen molar-refractivity contribution in [2.45, 2.75) is 39.5 Å². The number of ketones is 3. The highest BCUT2D eigenvalue weighted by Gasteiger charge is 2.48. The number of hydrogen-bond donors (Lipinski definition) is 0. The molecular weight excluding hydrogens is 168 g/mol. The first-order chi connectivity index (χ1) is 6.03. The van der Waals surface area contributed by atoms with Crippen LogP contribution < -0.4 is 0 Å². The predicted molar refractivity (Wildman–Crippen MR) is 47.3 cm³/mol. The minimum atomic E-state index is -0.953. The van der Waals surface area contributed by atoms with E-state index < -0.39 is 5.41 Å². The van der Waals surface area contributed by atoms with Crippen molar-refractivity contribution in [2.75, 3.05) is 0 Å². The Morgan fingerprint density at radius 3 is 2.08 bits per heavy atom. The second kappa shape index (κ2) is 3.40. The second-order valence-corrected chi connectivity index (χ2v) is 3.66. The molecule has 0 radical (unpaired) electrons. The summed E-state index contributed by atoms with van der Waals surface area (Å²) in [6.07, 6.45) is 1.20. The molecule has 72 valence electrons. The van der Waals surface area contributed by atoms with E-state index in [0.29, 0.717) is 19.3 Å². The molecular formula is C10H14O3. The van der Waals surface area contributed by atoms with Gasteiger partial charge in [0.15, 0.2) is 0 Å². The van der Waals surface area contributed by atoms with Gasteiger partial charge in [-0.15, -0.1) is 0 Å². The summed E-state index contributed by atoms with van der Waals surface area (Å²) in [4.78, 5) is 34.0. The Labute approximate surface area is 77.5 Å². The summed E-state index contributed by atoms with van der Waals surface area (Å²) in [6.45, 7) is 3.22. The van der Waals surface area contributed by atoms with Gasteiger partial charge < -0.3 is 0 Å². The van der Waals surface area contributed by atoms with E-state index in [4.69, 9.17) is 0 Å². The number of carbonyl (C=O) groups excluding carboxylic acids is 3. The lowest BCUT2D eigenvalue weighted by atomic mass is 9.77. The van der Waals surface area contributed by atoms with Crippen molar-refractivity contribution in [1.82, 2.24) is 0 Å². The van der Waals surface area contributed by atoms with Crippen LogP contribution in [-0.2, 0) is 14.4 Å². The Morgan fingerprint density at radius 2 is 1.77 bits per heavy atom. The topological polar surface area (TPSA) is 51.2 Å². The lowest BCUT2D eigenvalue weighted by Gasteiger charge is -2.22. The van der Waals surface area contributed by atoms with E-state index in [2.05, 4.69) is 0 Å². The first kappa shape index (κ1) is 10.1. The Hall–Kier alpha value is -0.990. The summed E-state index contributed by atoms with van der Waals surface area (Å²) in [7, 11) is 0. The molecule has 0 bridgehead atoms. The van der Waals surface area contributed by atoms with E-state index in [9.17, 15) is 14.4 Å². The molecule has 0 atom stereocenters. The molecule has 0 spiro atoms. The molecule has 1 aliphatic carbocycles. The molecule has 3 nitrogen and oxygen atoms in total. The van der Waals surface area contributed by atoms with Gasteiger partial charge in [-0.05, 0) is 13.3 Å². The third kappa shape index (κ3) is 1.55. The Kier molecular flexibility index (Phi) is 2.64. The van der Waals surface area contributed by atoms with Gasteiger partial charge in [0.05, 0.1) is 5.41 Å². The Morgan fingerprint density at radius 1 is 1.31 bits per heavy atom. The van der Waals surface area contributed by atoms with Crippen molar-refractivity contribution in [3.05, 3.63) is 0 Å². The molecule has 1 aliphatic rings. The van der Waals surface area contributed by atoms with E-state index in [1.807, 2.05) is 0 Å². The van der Waals surface area contributed by atoms with Crippen molar-refractivity contribution in [2.24, 2.45) is 5.41 Å². The summed E-state index contributed by atoms with van der Waals surface area (Å²) in [5.74, 6) is -0.171. The SMILES string of the molecule is CCC1(CC(C)=O)C(=O)CCC1=O. The number of carbonyl (C=O) groups is 3. The standard InChI is InChI=1S/C10H14O3/c1-3-10(6-7(2)11)8(12)4-5-9(10)13/h3-6H2,1-2H3. The monoisotopic (exact) mass is 182 g/mol. The average molecular weight is 182 g/mol. The van der Waals surface area contributed by atoms with Gasteiger partial charge in [-0.25, -0.2) is 0 Å². The zero-order valence-electron chi connectivity index (χ0n) is 8.05. The molecule has 0 unspecified atom stereocenters. The van der Waals surface area contributed by atoms with Crippen LogP contribution in [0.3, 0.4) is 0 Å². The fraction of sp³-hybridized carbons (Fsp3) is 0.700. The lowest BCUT2D eigenvalue weighted by Crippen LogP contribution is -2.34. The van der Waals surface area contributed by atoms with Gasteiger partial charge in [0.1, 0.15) is 17.3 Å². The average Bonchev–Trinajstić information content (AvgIpc) is 2.32. The minimum absolute atomic E-state index is 0.0461. The van der Waals surface area contributed by atoms with Gasteiger partial charge in [0, 0.05) is 19.3 Å². The van der Waals surface area contributed by atoms with Crippen LogP contribution in [0.5, 0.6) is 0 Å². The van der Waals surface area contributed by atoms with E-state index in [1.165, 1.54) is 6.92 Å². The molecule has 0 heterocycles. The highest BCUT2D eigenvalue weighted by Crippen LogP contribution is 2.37. The molecule has 1 fully saturated rings. The fourth-order valence-corrected chi connectivity index (χ4v) is 2.00. The largest absolute Gasteiger partial charge is 0.300 e. The summed E-state index contributed by atoms with van der Waals surface area (Å²) in [5, 5.41) is 0. The molecule has 0 aromatic heterocycles. The number of hydrogen-bond acceptors (Lipinski definition) is 3. The molecule has 3 heteroatoms. The van der Waals surface area contributed by atoms with Crippen molar-refractivity contribution in [3.63, 3.8) is 0 Å². The third-order valence-electron chi connectivity index (χ3n) is 2.80. The smallest absolute Gasteiger partial charge is 0.147 e. The molecule has 0 aromatic rings. The summed E-state index contributed by atoms with van der Waals surface area (Å²) in [6, 6.07) is 0. The zero-order chi connectivity index (χ0) is 10.1. The second-order valence-electron chi connectivity index (χ2n) is 3.66. The molecule has 0 amide bonds. The summed E-state index contributed by atoms with van der Waals surface area (Å²) in [5.41, 5.74) is -0.953. The van der Waals surface area contributed by atoms with Gasteiger partial charge in [0.25, 0.3) is 0 Å². The van der Waals surface area contributed by atoms with Crippen LogP contribution in [0.25, 0.3) is 0 Å². The predicted octanol–water partition coefficient (Wildman–Crippen LogP) is 1.29. The van der Waals surface area contributed by atoms with Gasteiger partial charge >= 0.3 is 0 Å². The highest BCUT2D eigenvalue weighted by atomic mass is 16.2. The van der Waals surface area contributed by atoms with Crippen molar-refractivity contribution in [3.8, 4) is 0 Å². The van der Waals surface area contributed by atoms with Crippen LogP contribution in [0.4, 0.5) is 0 Å². The van der Waals surface area contributed by atoms with Crippen molar-refractivity contribution < 1.29 is 14.4 Å². The quantitative estimate of drug-likeness (QED) is 0.618. The molecule has 13 heavy (non-hydrogen) atoms.